The lowest BCUT2D eigenvalue weighted by Crippen LogP contribution is -2.08. The number of aromatic nitrogens is 2. The first-order valence-electron chi connectivity index (χ1n) is 7.94. The molecule has 0 spiro atoms. The number of H-pyrrole nitrogens is 1. The number of hydrogen-bond acceptors (Lipinski definition) is 4. The molecule has 0 saturated heterocycles. The number of anilines is 1. The molecule has 0 saturated carbocycles. The molecular weight excluding hydrogens is 318 g/mol. The number of methoxy groups -OCH3 is 1. The van der Waals surface area contributed by atoms with Crippen molar-refractivity contribution < 1.29 is 14.3 Å². The summed E-state index contributed by atoms with van der Waals surface area (Å²) in [6.45, 7) is 2.45. The van der Waals surface area contributed by atoms with Crippen molar-refractivity contribution in [2.24, 2.45) is 0 Å². The third-order valence-corrected chi connectivity index (χ3v) is 3.62. The molecule has 0 aliphatic carbocycles. The second-order valence-electron chi connectivity index (χ2n) is 5.28. The van der Waals surface area contributed by atoms with Crippen LogP contribution in [0.25, 0.3) is 17.0 Å². The summed E-state index contributed by atoms with van der Waals surface area (Å²) in [5.41, 5.74) is 2.27. The average molecular weight is 337 g/mol. The van der Waals surface area contributed by atoms with Gasteiger partial charge in [0.15, 0.2) is 11.5 Å². The first-order valence-corrected chi connectivity index (χ1v) is 7.94. The zero-order chi connectivity index (χ0) is 17.6. The monoisotopic (exact) mass is 337 g/mol. The second-order valence-corrected chi connectivity index (χ2v) is 5.28. The number of fused-ring (bicyclic) bond motifs is 1. The molecule has 0 bridgehead atoms. The van der Waals surface area contributed by atoms with Crippen LogP contribution < -0.4 is 14.8 Å². The molecular formula is C19H19N3O3. The Morgan fingerprint density at radius 1 is 1.24 bits per heavy atom. The number of rotatable bonds is 6. The predicted octanol–water partition coefficient (Wildman–Crippen LogP) is 3.62. The van der Waals surface area contributed by atoms with E-state index in [1.807, 2.05) is 31.2 Å². The number of para-hydroxylation sites is 1. The van der Waals surface area contributed by atoms with Gasteiger partial charge in [-0.2, -0.15) is 5.10 Å². The lowest BCUT2D eigenvalue weighted by atomic mass is 10.2. The van der Waals surface area contributed by atoms with E-state index < -0.39 is 0 Å². The molecule has 25 heavy (non-hydrogen) atoms. The van der Waals surface area contributed by atoms with Crippen LogP contribution in [0.5, 0.6) is 11.5 Å². The molecule has 6 heteroatoms. The van der Waals surface area contributed by atoms with E-state index in [1.165, 1.54) is 6.08 Å². The van der Waals surface area contributed by atoms with E-state index in [9.17, 15) is 4.79 Å². The molecule has 0 fully saturated rings. The van der Waals surface area contributed by atoms with Crippen molar-refractivity contribution in [3.63, 3.8) is 0 Å². The van der Waals surface area contributed by atoms with Gasteiger partial charge in [0.25, 0.3) is 0 Å². The van der Waals surface area contributed by atoms with Crippen molar-refractivity contribution in [3.8, 4) is 11.5 Å². The number of nitrogens with zero attached hydrogens (tertiary/aromatic N) is 1. The molecule has 0 radical (unpaired) electrons. The SMILES string of the molecule is CCOc1ccc(NC(=O)/C=C/c2n[nH]c3ccccc23)cc1OC. The topological polar surface area (TPSA) is 76.2 Å². The minimum absolute atomic E-state index is 0.252. The lowest BCUT2D eigenvalue weighted by molar-refractivity contribution is -0.111. The van der Waals surface area contributed by atoms with E-state index in [0.29, 0.717) is 23.8 Å². The van der Waals surface area contributed by atoms with Gasteiger partial charge in [0, 0.05) is 23.2 Å². The molecule has 3 rings (SSSR count). The number of nitrogens with one attached hydrogen (secondary N) is 2. The number of amides is 1. The fourth-order valence-corrected chi connectivity index (χ4v) is 2.47. The van der Waals surface area contributed by atoms with Crippen molar-refractivity contribution in [2.45, 2.75) is 6.92 Å². The molecule has 1 amide bonds. The van der Waals surface area contributed by atoms with E-state index >= 15 is 0 Å². The van der Waals surface area contributed by atoms with E-state index in [4.69, 9.17) is 9.47 Å². The number of carbonyl (C=O) groups excluding carboxylic acids is 1. The summed E-state index contributed by atoms with van der Waals surface area (Å²) in [5.74, 6) is 0.960. The highest BCUT2D eigenvalue weighted by Crippen LogP contribution is 2.30. The number of hydrogen-bond donors (Lipinski definition) is 2. The molecule has 0 atom stereocenters. The largest absolute Gasteiger partial charge is 0.493 e. The Labute approximate surface area is 145 Å². The van der Waals surface area contributed by atoms with Crippen LogP contribution >= 0.6 is 0 Å². The molecule has 1 heterocycles. The molecule has 128 valence electrons. The van der Waals surface area contributed by atoms with Gasteiger partial charge in [-0.3, -0.25) is 9.89 Å². The summed E-state index contributed by atoms with van der Waals surface area (Å²) in [5, 5.41) is 10.9. The maximum absolute atomic E-state index is 12.1. The molecule has 1 aromatic heterocycles. The van der Waals surface area contributed by atoms with Crippen LogP contribution in [0.15, 0.2) is 48.5 Å². The maximum Gasteiger partial charge on any atom is 0.248 e. The predicted molar refractivity (Wildman–Crippen MR) is 97.9 cm³/mol. The van der Waals surface area contributed by atoms with Crippen LogP contribution in [0.1, 0.15) is 12.6 Å². The number of ether oxygens (including phenoxy) is 2. The van der Waals surface area contributed by atoms with E-state index in [1.54, 1.807) is 31.4 Å². The van der Waals surface area contributed by atoms with Gasteiger partial charge in [-0.1, -0.05) is 18.2 Å². The van der Waals surface area contributed by atoms with Crippen molar-refractivity contribution in [1.29, 1.82) is 0 Å². The van der Waals surface area contributed by atoms with Crippen LogP contribution in [0.4, 0.5) is 5.69 Å². The summed E-state index contributed by atoms with van der Waals surface area (Å²) in [7, 11) is 1.56. The summed E-state index contributed by atoms with van der Waals surface area (Å²) < 4.78 is 10.7. The standard InChI is InChI=1S/C19H19N3O3/c1-3-25-17-10-8-13(12-18(17)24-2)20-19(23)11-9-16-14-6-4-5-7-15(14)21-22-16/h4-12H,3H2,1-2H3,(H,20,23)(H,21,22)/b11-9+. The van der Waals surface area contributed by atoms with Gasteiger partial charge >= 0.3 is 0 Å². The van der Waals surface area contributed by atoms with Gasteiger partial charge in [-0.05, 0) is 31.2 Å². The van der Waals surface area contributed by atoms with E-state index in [0.717, 1.165) is 16.6 Å². The number of benzene rings is 2. The van der Waals surface area contributed by atoms with Gasteiger partial charge in [-0.25, -0.2) is 0 Å². The summed E-state index contributed by atoms with van der Waals surface area (Å²) in [4.78, 5) is 12.1. The highest BCUT2D eigenvalue weighted by Gasteiger charge is 2.07. The smallest absolute Gasteiger partial charge is 0.248 e. The Bertz CT molecular complexity index is 915. The molecule has 2 aromatic carbocycles. The minimum atomic E-state index is -0.252. The Morgan fingerprint density at radius 2 is 2.08 bits per heavy atom. The average Bonchev–Trinajstić information content (AvgIpc) is 3.04. The normalized spacial score (nSPS) is 11.0. The summed E-state index contributed by atoms with van der Waals surface area (Å²) >= 11 is 0. The number of aromatic amines is 1. The molecule has 0 unspecified atom stereocenters. The first-order chi connectivity index (χ1) is 12.2. The summed E-state index contributed by atoms with van der Waals surface area (Å²) in [6.07, 6.45) is 3.13. The molecule has 6 nitrogen and oxygen atoms in total. The lowest BCUT2D eigenvalue weighted by Gasteiger charge is -2.11. The van der Waals surface area contributed by atoms with Crippen LogP contribution in [0.3, 0.4) is 0 Å². The van der Waals surface area contributed by atoms with Gasteiger partial charge < -0.3 is 14.8 Å². The first kappa shape index (κ1) is 16.6. The Balaban J connectivity index is 1.72. The number of carbonyl (C=O) groups is 1. The Hall–Kier alpha value is -3.28. The van der Waals surface area contributed by atoms with E-state index in [-0.39, 0.29) is 5.91 Å². The second kappa shape index (κ2) is 7.53. The highest BCUT2D eigenvalue weighted by atomic mass is 16.5. The third kappa shape index (κ3) is 3.80. The third-order valence-electron chi connectivity index (χ3n) is 3.62. The Kier molecular flexibility index (Phi) is 4.99. The molecule has 0 aliphatic rings. The van der Waals surface area contributed by atoms with Crippen molar-refractivity contribution in [2.75, 3.05) is 19.0 Å². The van der Waals surface area contributed by atoms with Crippen LogP contribution in [0.2, 0.25) is 0 Å². The summed E-state index contributed by atoms with van der Waals surface area (Å²) in [6, 6.07) is 13.0. The van der Waals surface area contributed by atoms with E-state index in [2.05, 4.69) is 15.5 Å². The highest BCUT2D eigenvalue weighted by molar-refractivity contribution is 6.03. The zero-order valence-electron chi connectivity index (χ0n) is 14.1. The van der Waals surface area contributed by atoms with Crippen LogP contribution in [-0.4, -0.2) is 29.8 Å². The van der Waals surface area contributed by atoms with Crippen molar-refractivity contribution in [1.82, 2.24) is 10.2 Å². The fraction of sp³-hybridized carbons (Fsp3) is 0.158. The fourth-order valence-electron chi connectivity index (χ4n) is 2.47. The zero-order valence-corrected chi connectivity index (χ0v) is 14.1. The Morgan fingerprint density at radius 3 is 2.88 bits per heavy atom. The van der Waals surface area contributed by atoms with Crippen LogP contribution in [0, 0.1) is 0 Å². The van der Waals surface area contributed by atoms with Gasteiger partial charge in [0.2, 0.25) is 5.91 Å². The van der Waals surface area contributed by atoms with Crippen molar-refractivity contribution in [3.05, 3.63) is 54.2 Å². The van der Waals surface area contributed by atoms with Gasteiger partial charge in [0.05, 0.1) is 24.9 Å². The van der Waals surface area contributed by atoms with Crippen molar-refractivity contribution >= 4 is 28.6 Å². The quantitative estimate of drug-likeness (QED) is 0.674. The molecule has 2 N–H and O–H groups in total. The maximum atomic E-state index is 12.1. The molecule has 0 aliphatic heterocycles. The van der Waals surface area contributed by atoms with Gasteiger partial charge in [-0.15, -0.1) is 0 Å². The molecule has 3 aromatic rings. The van der Waals surface area contributed by atoms with Gasteiger partial charge in [0.1, 0.15) is 0 Å². The van der Waals surface area contributed by atoms with Crippen LogP contribution in [-0.2, 0) is 4.79 Å². The minimum Gasteiger partial charge on any atom is -0.493 e.